The lowest BCUT2D eigenvalue weighted by molar-refractivity contribution is 0.646. The van der Waals surface area contributed by atoms with E-state index >= 15 is 0 Å². The third kappa shape index (κ3) is 4.04. The van der Waals surface area contributed by atoms with Crippen molar-refractivity contribution in [1.29, 1.82) is 0 Å². The fourth-order valence-electron chi connectivity index (χ4n) is 3.33. The minimum Gasteiger partial charge on any atom is -0.322 e. The molecule has 0 amide bonds. The maximum atomic E-state index is 4.91. The molecular formula is C22H25BrN2. The Bertz CT molecular complexity index is 875. The number of para-hydroxylation sites is 2. The fraction of sp³-hybridized carbons (Fsp3) is 0.318. The Labute approximate surface area is 158 Å². The number of benzene rings is 2. The number of hydrogen-bond donors (Lipinski definition) is 0. The molecule has 2 nitrogen and oxygen atoms in total. The molecule has 0 saturated heterocycles. The number of imidazole rings is 1. The quantitative estimate of drug-likeness (QED) is 0.478. The van der Waals surface area contributed by atoms with Gasteiger partial charge in [0.1, 0.15) is 5.82 Å². The van der Waals surface area contributed by atoms with E-state index in [1.54, 1.807) is 0 Å². The second-order valence-corrected chi connectivity index (χ2v) is 8.24. The van der Waals surface area contributed by atoms with E-state index in [1.807, 2.05) is 6.07 Å². The zero-order valence-electron chi connectivity index (χ0n) is 15.2. The molecule has 3 aromatic rings. The summed E-state index contributed by atoms with van der Waals surface area (Å²) >= 11 is 3.51. The first-order valence-corrected chi connectivity index (χ1v) is 9.62. The molecule has 0 aliphatic heterocycles. The first-order valence-electron chi connectivity index (χ1n) is 8.83. The lowest BCUT2D eigenvalue weighted by Crippen LogP contribution is -2.08. The molecule has 25 heavy (non-hydrogen) atoms. The van der Waals surface area contributed by atoms with Gasteiger partial charge in [0.15, 0.2) is 0 Å². The molecule has 0 saturated carbocycles. The molecule has 0 fully saturated rings. The van der Waals surface area contributed by atoms with Gasteiger partial charge < -0.3 is 4.57 Å². The molecule has 0 bridgehead atoms. The summed E-state index contributed by atoms with van der Waals surface area (Å²) in [4.78, 5) is 4.91. The Balaban J connectivity index is 1.98. The highest BCUT2D eigenvalue weighted by atomic mass is 79.9. The number of rotatable bonds is 6. The Hall–Kier alpha value is -1.87. The predicted molar refractivity (Wildman–Crippen MR) is 110 cm³/mol. The van der Waals surface area contributed by atoms with Crippen molar-refractivity contribution < 1.29 is 0 Å². The van der Waals surface area contributed by atoms with Crippen molar-refractivity contribution >= 4 is 27.0 Å². The fourth-order valence-corrected chi connectivity index (χ4v) is 3.58. The van der Waals surface area contributed by atoms with Gasteiger partial charge in [-0.05, 0) is 35.6 Å². The van der Waals surface area contributed by atoms with Crippen LogP contribution < -0.4 is 0 Å². The second-order valence-electron chi connectivity index (χ2n) is 7.12. The molecule has 3 rings (SSSR count). The summed E-state index contributed by atoms with van der Waals surface area (Å²) in [6, 6.07) is 17.3. The molecule has 0 N–H and O–H groups in total. The summed E-state index contributed by atoms with van der Waals surface area (Å²) in [5.41, 5.74) is 4.88. The minimum atomic E-state index is 0.229. The zero-order chi connectivity index (χ0) is 18.0. The van der Waals surface area contributed by atoms with Gasteiger partial charge in [-0.15, -0.1) is 0 Å². The van der Waals surface area contributed by atoms with Crippen LogP contribution in [0.4, 0.5) is 0 Å². The highest BCUT2D eigenvalue weighted by molar-refractivity contribution is 9.11. The van der Waals surface area contributed by atoms with Crippen LogP contribution in [0, 0.1) is 5.92 Å². The molecule has 2 aromatic carbocycles. The number of fused-ring (bicyclic) bond motifs is 1. The average Bonchev–Trinajstić information content (AvgIpc) is 2.92. The zero-order valence-corrected chi connectivity index (χ0v) is 16.8. The van der Waals surface area contributed by atoms with Crippen LogP contribution in [0.2, 0.25) is 0 Å². The Kier molecular flexibility index (Phi) is 5.43. The normalized spacial score (nSPS) is 12.7. The number of halogens is 1. The molecule has 1 unspecified atom stereocenters. The topological polar surface area (TPSA) is 17.8 Å². The largest absolute Gasteiger partial charge is 0.322 e. The predicted octanol–water partition coefficient (Wildman–Crippen LogP) is 6.30. The average molecular weight is 397 g/mol. The van der Waals surface area contributed by atoms with E-state index in [9.17, 15) is 0 Å². The summed E-state index contributed by atoms with van der Waals surface area (Å²) in [7, 11) is 0. The SMILES string of the molecule is C=C(Br)Cn1c(C(C)c2ccc(CC(C)C)cc2)nc2ccccc21. The molecule has 3 heteroatoms. The molecular weight excluding hydrogens is 372 g/mol. The number of aromatic nitrogens is 2. The van der Waals surface area contributed by atoms with Gasteiger partial charge in [-0.25, -0.2) is 4.98 Å². The van der Waals surface area contributed by atoms with Crippen molar-refractivity contribution in [3.63, 3.8) is 0 Å². The molecule has 1 aromatic heterocycles. The van der Waals surface area contributed by atoms with Crippen molar-refractivity contribution in [2.45, 2.75) is 39.7 Å². The van der Waals surface area contributed by atoms with Crippen molar-refractivity contribution in [3.05, 3.63) is 76.5 Å². The number of hydrogen-bond acceptors (Lipinski definition) is 1. The number of allylic oxidation sites excluding steroid dienone is 1. The van der Waals surface area contributed by atoms with Crippen molar-refractivity contribution in [2.75, 3.05) is 0 Å². The first-order chi connectivity index (χ1) is 12.0. The van der Waals surface area contributed by atoms with E-state index < -0.39 is 0 Å². The molecule has 130 valence electrons. The smallest absolute Gasteiger partial charge is 0.117 e. The maximum absolute atomic E-state index is 4.91. The van der Waals surface area contributed by atoms with E-state index in [2.05, 4.69) is 90.3 Å². The molecule has 1 atom stereocenters. The molecule has 0 aliphatic rings. The molecule has 0 aliphatic carbocycles. The highest BCUT2D eigenvalue weighted by Gasteiger charge is 2.18. The Morgan fingerprint density at radius 3 is 2.40 bits per heavy atom. The minimum absolute atomic E-state index is 0.229. The van der Waals surface area contributed by atoms with Crippen molar-refractivity contribution in [2.24, 2.45) is 5.92 Å². The summed E-state index contributed by atoms with van der Waals surface area (Å²) in [6.45, 7) is 11.5. The number of nitrogens with zero attached hydrogens (tertiary/aromatic N) is 2. The van der Waals surface area contributed by atoms with E-state index in [1.165, 1.54) is 11.1 Å². The summed E-state index contributed by atoms with van der Waals surface area (Å²) in [5.74, 6) is 1.99. The van der Waals surface area contributed by atoms with Gasteiger partial charge in [-0.2, -0.15) is 0 Å². The van der Waals surface area contributed by atoms with Crippen LogP contribution in [0.3, 0.4) is 0 Å². The highest BCUT2D eigenvalue weighted by Crippen LogP contribution is 2.29. The summed E-state index contributed by atoms with van der Waals surface area (Å²) < 4.78 is 3.22. The lowest BCUT2D eigenvalue weighted by Gasteiger charge is -2.16. The monoisotopic (exact) mass is 396 g/mol. The lowest BCUT2D eigenvalue weighted by atomic mass is 9.96. The second kappa shape index (κ2) is 7.57. The summed E-state index contributed by atoms with van der Waals surface area (Å²) in [5, 5.41) is 0. The van der Waals surface area contributed by atoms with Gasteiger partial charge in [0.05, 0.1) is 17.6 Å². The van der Waals surface area contributed by atoms with Crippen LogP contribution in [0.5, 0.6) is 0 Å². The van der Waals surface area contributed by atoms with Gasteiger partial charge >= 0.3 is 0 Å². The maximum Gasteiger partial charge on any atom is 0.117 e. The third-order valence-corrected chi connectivity index (χ3v) is 4.78. The van der Waals surface area contributed by atoms with Gasteiger partial charge in [-0.1, -0.05) is 79.7 Å². The van der Waals surface area contributed by atoms with Crippen molar-refractivity contribution in [1.82, 2.24) is 9.55 Å². The molecule has 1 heterocycles. The Morgan fingerprint density at radius 1 is 1.08 bits per heavy atom. The van der Waals surface area contributed by atoms with Crippen LogP contribution in [-0.2, 0) is 13.0 Å². The summed E-state index contributed by atoms with van der Waals surface area (Å²) in [6.07, 6.45) is 1.12. The molecule has 0 spiro atoms. The van der Waals surface area contributed by atoms with Gasteiger partial charge in [0, 0.05) is 10.4 Å². The van der Waals surface area contributed by atoms with E-state index in [0.29, 0.717) is 5.92 Å². The van der Waals surface area contributed by atoms with Crippen LogP contribution in [-0.4, -0.2) is 9.55 Å². The van der Waals surface area contributed by atoms with Gasteiger partial charge in [0.25, 0.3) is 0 Å². The standard InChI is InChI=1S/C22H25BrN2/c1-15(2)13-18-9-11-19(12-10-18)17(4)22-24-20-7-5-6-8-21(20)25(22)14-16(3)23/h5-12,15,17H,3,13-14H2,1-2,4H3. The van der Waals surface area contributed by atoms with Crippen LogP contribution in [0.1, 0.15) is 43.6 Å². The van der Waals surface area contributed by atoms with Crippen molar-refractivity contribution in [3.8, 4) is 0 Å². The Morgan fingerprint density at radius 2 is 1.76 bits per heavy atom. The van der Waals surface area contributed by atoms with E-state index in [-0.39, 0.29) is 5.92 Å². The first kappa shape index (κ1) is 17.9. The van der Waals surface area contributed by atoms with Crippen LogP contribution in [0.25, 0.3) is 11.0 Å². The van der Waals surface area contributed by atoms with E-state index in [4.69, 9.17) is 4.98 Å². The van der Waals surface area contributed by atoms with Crippen LogP contribution >= 0.6 is 15.9 Å². The van der Waals surface area contributed by atoms with Crippen LogP contribution in [0.15, 0.2) is 59.6 Å². The molecule has 0 radical (unpaired) electrons. The third-order valence-electron chi connectivity index (χ3n) is 4.52. The van der Waals surface area contributed by atoms with E-state index in [0.717, 1.165) is 34.3 Å². The van der Waals surface area contributed by atoms with Gasteiger partial charge in [-0.3, -0.25) is 0 Å². The van der Waals surface area contributed by atoms with Gasteiger partial charge in [0.2, 0.25) is 0 Å².